The topological polar surface area (TPSA) is 56.8 Å². The highest BCUT2D eigenvalue weighted by molar-refractivity contribution is 6.60. The Kier molecular flexibility index (Phi) is 17.0. The van der Waals surface area contributed by atoms with E-state index in [1.165, 1.54) is 32.1 Å². The molecule has 0 aliphatic rings. The van der Waals surface area contributed by atoms with Crippen LogP contribution >= 0.6 is 0 Å². The van der Waals surface area contributed by atoms with Gasteiger partial charge in [0.1, 0.15) is 0 Å². The first-order valence-corrected chi connectivity index (χ1v) is 13.8. The van der Waals surface area contributed by atoms with Gasteiger partial charge in [-0.15, -0.1) is 0 Å². The van der Waals surface area contributed by atoms with Crippen LogP contribution in [0.4, 0.5) is 0 Å². The molecule has 0 aliphatic heterocycles. The highest BCUT2D eigenvalue weighted by Gasteiger charge is 2.41. The fourth-order valence-electron chi connectivity index (χ4n) is 3.27. The van der Waals surface area contributed by atoms with Gasteiger partial charge in [-0.25, -0.2) is 0 Å². The monoisotopic (exact) mass is 430 g/mol. The second kappa shape index (κ2) is 17.3. The normalized spacial score (nSPS) is 12.3. The molecule has 0 fully saturated rings. The zero-order chi connectivity index (χ0) is 22.0. The van der Waals surface area contributed by atoms with Gasteiger partial charge in [-0.1, -0.05) is 52.9 Å². The van der Waals surface area contributed by atoms with E-state index in [9.17, 15) is 4.79 Å². The third kappa shape index (κ3) is 15.1. The standard InChI is InChI=1S/C23H48NO4Si/c1-7-11-12-13-14-15-16-17-18-22(25)24-21-23(5,6)19-20-29(26-8-2,27-9-3)28-10-4/h15H,7-14,16-21H2,1-6H3,(H,24,25). The van der Waals surface area contributed by atoms with E-state index in [1.807, 2.05) is 20.8 Å². The molecular weight excluding hydrogens is 382 g/mol. The Labute approximate surface area is 182 Å². The third-order valence-corrected chi connectivity index (χ3v) is 8.09. The van der Waals surface area contributed by atoms with E-state index in [-0.39, 0.29) is 11.3 Å². The molecule has 1 N–H and O–H groups in total. The Hall–Kier alpha value is -0.433. The Morgan fingerprint density at radius 2 is 1.48 bits per heavy atom. The predicted molar refractivity (Wildman–Crippen MR) is 124 cm³/mol. The van der Waals surface area contributed by atoms with Crippen molar-refractivity contribution in [3.63, 3.8) is 0 Å². The molecule has 0 rings (SSSR count). The van der Waals surface area contributed by atoms with E-state index in [0.717, 1.165) is 25.3 Å². The van der Waals surface area contributed by atoms with Crippen LogP contribution in [0.1, 0.15) is 99.3 Å². The Morgan fingerprint density at radius 1 is 0.897 bits per heavy atom. The van der Waals surface area contributed by atoms with Crippen molar-refractivity contribution in [1.82, 2.24) is 5.32 Å². The average Bonchev–Trinajstić information content (AvgIpc) is 2.68. The van der Waals surface area contributed by atoms with Crippen LogP contribution in [-0.2, 0) is 18.1 Å². The summed E-state index contributed by atoms with van der Waals surface area (Å²) in [5, 5.41) is 3.11. The third-order valence-electron chi connectivity index (χ3n) is 5.04. The molecular formula is C23H48NO4Si. The minimum Gasteiger partial charge on any atom is -0.374 e. The van der Waals surface area contributed by atoms with Gasteiger partial charge >= 0.3 is 8.80 Å². The van der Waals surface area contributed by atoms with Crippen LogP contribution in [0.3, 0.4) is 0 Å². The SMILES string of the molecule is CCCCCC[CH]CCCC(=O)NCC(C)(C)CC[Si](OCC)(OCC)OCC. The first kappa shape index (κ1) is 28.6. The zero-order valence-electron chi connectivity index (χ0n) is 20.1. The smallest absolute Gasteiger partial charge is 0.374 e. The van der Waals surface area contributed by atoms with Crippen LogP contribution in [0.5, 0.6) is 0 Å². The summed E-state index contributed by atoms with van der Waals surface area (Å²) in [6.45, 7) is 15.0. The van der Waals surface area contributed by atoms with Crippen LogP contribution < -0.4 is 5.32 Å². The van der Waals surface area contributed by atoms with Gasteiger partial charge in [0, 0.05) is 38.8 Å². The lowest BCUT2D eigenvalue weighted by Crippen LogP contribution is -2.47. The highest BCUT2D eigenvalue weighted by Crippen LogP contribution is 2.28. The van der Waals surface area contributed by atoms with Gasteiger partial charge in [0.15, 0.2) is 0 Å². The quantitative estimate of drug-likeness (QED) is 0.193. The van der Waals surface area contributed by atoms with Crippen molar-refractivity contribution in [2.24, 2.45) is 5.41 Å². The molecule has 0 saturated carbocycles. The lowest BCUT2D eigenvalue weighted by Gasteiger charge is -2.32. The molecule has 0 aromatic rings. The van der Waals surface area contributed by atoms with Gasteiger partial charge in [0.2, 0.25) is 5.91 Å². The molecule has 5 nitrogen and oxygen atoms in total. The summed E-state index contributed by atoms with van der Waals surface area (Å²) < 4.78 is 17.8. The Morgan fingerprint density at radius 3 is 2.03 bits per heavy atom. The van der Waals surface area contributed by atoms with E-state index in [4.69, 9.17) is 13.3 Å². The molecule has 0 spiro atoms. The molecule has 0 aliphatic carbocycles. The summed E-state index contributed by atoms with van der Waals surface area (Å²) in [7, 11) is -2.62. The molecule has 0 aromatic heterocycles. The molecule has 0 unspecified atom stereocenters. The second-order valence-electron chi connectivity index (χ2n) is 8.45. The van der Waals surface area contributed by atoms with Crippen molar-refractivity contribution in [2.45, 2.75) is 105 Å². The van der Waals surface area contributed by atoms with E-state index >= 15 is 0 Å². The number of nitrogens with one attached hydrogen (secondary N) is 1. The number of rotatable bonds is 20. The minimum absolute atomic E-state index is 0.0232. The average molecular weight is 431 g/mol. The predicted octanol–water partition coefficient (Wildman–Crippen LogP) is 5.91. The second-order valence-corrected chi connectivity index (χ2v) is 11.2. The van der Waals surface area contributed by atoms with Crippen molar-refractivity contribution >= 4 is 14.7 Å². The molecule has 0 saturated heterocycles. The minimum atomic E-state index is -2.62. The van der Waals surface area contributed by atoms with Crippen LogP contribution in [0.15, 0.2) is 0 Å². The maximum Gasteiger partial charge on any atom is 0.500 e. The summed E-state index contributed by atoms with van der Waals surface area (Å²) in [5.74, 6) is 0.153. The number of hydrogen-bond donors (Lipinski definition) is 1. The number of hydrogen-bond acceptors (Lipinski definition) is 4. The lowest BCUT2D eigenvalue weighted by atomic mass is 9.90. The van der Waals surface area contributed by atoms with Crippen LogP contribution in [0.2, 0.25) is 6.04 Å². The van der Waals surface area contributed by atoms with E-state index in [0.29, 0.717) is 32.8 Å². The van der Waals surface area contributed by atoms with Crippen LogP contribution in [0, 0.1) is 11.8 Å². The van der Waals surface area contributed by atoms with Crippen LogP contribution in [-0.4, -0.2) is 41.1 Å². The molecule has 29 heavy (non-hydrogen) atoms. The van der Waals surface area contributed by atoms with Gasteiger partial charge < -0.3 is 18.6 Å². The summed E-state index contributed by atoms with van der Waals surface area (Å²) >= 11 is 0. The van der Waals surface area contributed by atoms with Gasteiger partial charge in [0.05, 0.1) is 0 Å². The first-order valence-electron chi connectivity index (χ1n) is 11.8. The summed E-state index contributed by atoms with van der Waals surface area (Å²) in [5.41, 5.74) is -0.0232. The molecule has 0 heterocycles. The van der Waals surface area contributed by atoms with Crippen molar-refractivity contribution in [1.29, 1.82) is 0 Å². The fourth-order valence-corrected chi connectivity index (χ4v) is 6.26. The number of amides is 1. The molecule has 0 aromatic carbocycles. The largest absolute Gasteiger partial charge is 0.500 e. The van der Waals surface area contributed by atoms with Crippen molar-refractivity contribution < 1.29 is 18.1 Å². The number of carbonyl (C=O) groups is 1. The summed E-state index contributed by atoms with van der Waals surface area (Å²) in [6, 6.07) is 0.776. The van der Waals surface area contributed by atoms with Crippen molar-refractivity contribution in [3.05, 3.63) is 6.42 Å². The lowest BCUT2D eigenvalue weighted by molar-refractivity contribution is -0.121. The molecule has 1 radical (unpaired) electrons. The van der Waals surface area contributed by atoms with Gasteiger partial charge in [-0.05, 0) is 51.9 Å². The van der Waals surface area contributed by atoms with E-state index in [1.54, 1.807) is 0 Å². The Balaban J connectivity index is 4.14. The van der Waals surface area contributed by atoms with Crippen molar-refractivity contribution in [3.8, 4) is 0 Å². The van der Waals surface area contributed by atoms with Gasteiger partial charge in [-0.2, -0.15) is 0 Å². The fraction of sp³-hybridized carbons (Fsp3) is 0.913. The van der Waals surface area contributed by atoms with Crippen LogP contribution in [0.25, 0.3) is 0 Å². The maximum absolute atomic E-state index is 12.2. The Bertz CT molecular complexity index is 387. The molecule has 1 amide bonds. The zero-order valence-corrected chi connectivity index (χ0v) is 21.1. The molecule has 6 heteroatoms. The molecule has 173 valence electrons. The van der Waals surface area contributed by atoms with E-state index in [2.05, 4.69) is 32.5 Å². The van der Waals surface area contributed by atoms with Crippen molar-refractivity contribution in [2.75, 3.05) is 26.4 Å². The number of carbonyl (C=O) groups excluding carboxylic acids is 1. The number of unbranched alkanes of at least 4 members (excludes halogenated alkanes) is 7. The summed E-state index contributed by atoms with van der Waals surface area (Å²) in [6.07, 6.45) is 12.2. The van der Waals surface area contributed by atoms with E-state index < -0.39 is 8.80 Å². The van der Waals surface area contributed by atoms with Gasteiger partial charge in [0.25, 0.3) is 0 Å². The summed E-state index contributed by atoms with van der Waals surface area (Å²) in [4.78, 5) is 12.2. The maximum atomic E-state index is 12.2. The molecule has 0 atom stereocenters. The molecule has 0 bridgehead atoms. The highest BCUT2D eigenvalue weighted by atomic mass is 28.4. The van der Waals surface area contributed by atoms with Gasteiger partial charge in [-0.3, -0.25) is 4.79 Å². The first-order chi connectivity index (χ1) is 13.8.